The first-order valence-electron chi connectivity index (χ1n) is 7.18. The van der Waals surface area contributed by atoms with Crippen LogP contribution in [0.4, 0.5) is 11.4 Å². The molecule has 6 nitrogen and oxygen atoms in total. The van der Waals surface area contributed by atoms with Crippen molar-refractivity contribution < 1.29 is 9.72 Å². The Morgan fingerprint density at radius 2 is 2.17 bits per heavy atom. The number of carbonyl (C=O) groups is 1. The van der Waals surface area contributed by atoms with Crippen molar-refractivity contribution in [2.24, 2.45) is 0 Å². The minimum Gasteiger partial charge on any atom is -0.366 e. The summed E-state index contributed by atoms with van der Waals surface area (Å²) in [5.74, 6) is -0.339. The van der Waals surface area contributed by atoms with Crippen LogP contribution in [0.25, 0.3) is 0 Å². The van der Waals surface area contributed by atoms with E-state index in [9.17, 15) is 14.9 Å². The summed E-state index contributed by atoms with van der Waals surface area (Å²) >= 11 is 1.63. The number of carbonyl (C=O) groups excluding carboxylic acids is 1. The third kappa shape index (κ3) is 3.87. The number of hydrogen-bond acceptors (Lipinski definition) is 5. The average Bonchev–Trinajstić information content (AvgIpc) is 3.05. The number of nitrogens with zero attached hydrogens (tertiary/aromatic N) is 2. The lowest BCUT2D eigenvalue weighted by Crippen LogP contribution is -2.31. The van der Waals surface area contributed by atoms with Gasteiger partial charge in [0.05, 0.1) is 4.92 Å². The number of likely N-dealkylation sites (N-methyl/N-ethyl adjacent to an activating group) is 1. The SMILES string of the molecule is CNC(=O)c1ccc(N(C)C(C)Cc2ccsc2)c([N+](=O)[O-])c1. The number of nitro groups is 1. The molecule has 0 bridgehead atoms. The van der Waals surface area contributed by atoms with Gasteiger partial charge in [-0.2, -0.15) is 11.3 Å². The zero-order chi connectivity index (χ0) is 17.0. The van der Waals surface area contributed by atoms with Gasteiger partial charge in [0, 0.05) is 31.8 Å². The van der Waals surface area contributed by atoms with Crippen molar-refractivity contribution in [1.29, 1.82) is 0 Å². The molecule has 0 aliphatic rings. The summed E-state index contributed by atoms with van der Waals surface area (Å²) in [6, 6.07) is 6.70. The predicted octanol–water partition coefficient (Wildman–Crippen LogP) is 3.08. The van der Waals surface area contributed by atoms with E-state index >= 15 is 0 Å². The lowest BCUT2D eigenvalue weighted by Gasteiger charge is -2.26. The Labute approximate surface area is 138 Å². The molecule has 0 radical (unpaired) electrons. The summed E-state index contributed by atoms with van der Waals surface area (Å²) in [4.78, 5) is 24.5. The highest BCUT2D eigenvalue weighted by molar-refractivity contribution is 7.07. The van der Waals surface area contributed by atoms with Crippen molar-refractivity contribution in [3.05, 3.63) is 56.3 Å². The second-order valence-corrected chi connectivity index (χ2v) is 6.12. The zero-order valence-corrected chi connectivity index (χ0v) is 14.1. The molecule has 1 amide bonds. The Kier molecular flexibility index (Phi) is 5.33. The topological polar surface area (TPSA) is 75.5 Å². The van der Waals surface area contributed by atoms with Crippen LogP contribution >= 0.6 is 11.3 Å². The van der Waals surface area contributed by atoms with E-state index in [1.54, 1.807) is 23.5 Å². The molecule has 122 valence electrons. The van der Waals surface area contributed by atoms with E-state index in [-0.39, 0.29) is 23.2 Å². The van der Waals surface area contributed by atoms with E-state index in [0.717, 1.165) is 6.42 Å². The summed E-state index contributed by atoms with van der Waals surface area (Å²) in [5, 5.41) is 17.9. The molecule has 1 atom stereocenters. The van der Waals surface area contributed by atoms with Crippen LogP contribution in [0.5, 0.6) is 0 Å². The number of rotatable bonds is 6. The lowest BCUT2D eigenvalue weighted by atomic mass is 10.1. The molecule has 1 aromatic carbocycles. The molecule has 1 aromatic heterocycles. The number of nitrogens with one attached hydrogen (secondary N) is 1. The van der Waals surface area contributed by atoms with Crippen molar-refractivity contribution >= 4 is 28.6 Å². The molecule has 2 aromatic rings. The standard InChI is InChI=1S/C16H19N3O3S/c1-11(8-12-6-7-23-10-12)18(3)14-5-4-13(16(20)17-2)9-15(14)19(21)22/h4-7,9-11H,8H2,1-3H3,(H,17,20). The molecule has 1 unspecified atom stereocenters. The average molecular weight is 333 g/mol. The normalized spacial score (nSPS) is 11.8. The number of nitro benzene ring substituents is 1. The molecular weight excluding hydrogens is 314 g/mol. The van der Waals surface area contributed by atoms with E-state index in [1.165, 1.54) is 18.7 Å². The number of benzene rings is 1. The Morgan fingerprint density at radius 3 is 2.74 bits per heavy atom. The maximum absolute atomic E-state index is 11.7. The fourth-order valence-electron chi connectivity index (χ4n) is 2.38. The van der Waals surface area contributed by atoms with Crippen LogP contribution in [-0.4, -0.2) is 31.0 Å². The van der Waals surface area contributed by atoms with Crippen molar-refractivity contribution in [3.8, 4) is 0 Å². The number of amides is 1. The first kappa shape index (κ1) is 17.0. The quantitative estimate of drug-likeness (QED) is 0.651. The van der Waals surface area contributed by atoms with Crippen LogP contribution in [0, 0.1) is 10.1 Å². The van der Waals surface area contributed by atoms with Crippen LogP contribution in [0.1, 0.15) is 22.8 Å². The maximum Gasteiger partial charge on any atom is 0.293 e. The molecule has 0 aliphatic heterocycles. The van der Waals surface area contributed by atoms with Gasteiger partial charge < -0.3 is 10.2 Å². The number of thiophene rings is 1. The molecular formula is C16H19N3O3S. The Bertz CT molecular complexity index is 701. The maximum atomic E-state index is 11.7. The summed E-state index contributed by atoms with van der Waals surface area (Å²) in [6.45, 7) is 2.02. The highest BCUT2D eigenvalue weighted by atomic mass is 32.1. The summed E-state index contributed by atoms with van der Waals surface area (Å²) in [5.41, 5.74) is 1.93. The summed E-state index contributed by atoms with van der Waals surface area (Å²) < 4.78 is 0. The monoisotopic (exact) mass is 333 g/mol. The van der Waals surface area contributed by atoms with E-state index in [2.05, 4.69) is 16.8 Å². The van der Waals surface area contributed by atoms with Gasteiger partial charge in [-0.1, -0.05) is 0 Å². The molecule has 0 spiro atoms. The van der Waals surface area contributed by atoms with Crippen LogP contribution in [0.3, 0.4) is 0 Å². The van der Waals surface area contributed by atoms with Crippen molar-refractivity contribution in [2.75, 3.05) is 19.0 Å². The van der Waals surface area contributed by atoms with E-state index in [4.69, 9.17) is 0 Å². The van der Waals surface area contributed by atoms with Gasteiger partial charge in [-0.05, 0) is 47.9 Å². The lowest BCUT2D eigenvalue weighted by molar-refractivity contribution is -0.384. The van der Waals surface area contributed by atoms with Crippen LogP contribution in [-0.2, 0) is 6.42 Å². The fraction of sp³-hybridized carbons (Fsp3) is 0.312. The Morgan fingerprint density at radius 1 is 1.43 bits per heavy atom. The first-order chi connectivity index (χ1) is 10.9. The third-order valence-corrected chi connectivity index (χ3v) is 4.55. The van der Waals surface area contributed by atoms with Gasteiger partial charge in [0.2, 0.25) is 0 Å². The largest absolute Gasteiger partial charge is 0.366 e. The third-order valence-electron chi connectivity index (χ3n) is 3.81. The van der Waals surface area contributed by atoms with Crippen molar-refractivity contribution in [1.82, 2.24) is 5.32 Å². The van der Waals surface area contributed by atoms with Crippen LogP contribution < -0.4 is 10.2 Å². The van der Waals surface area contributed by atoms with Gasteiger partial charge in [-0.15, -0.1) is 0 Å². The molecule has 2 rings (SSSR count). The number of anilines is 1. The minimum atomic E-state index is -0.449. The van der Waals surface area contributed by atoms with E-state index in [1.807, 2.05) is 24.3 Å². The molecule has 1 heterocycles. The van der Waals surface area contributed by atoms with Crippen molar-refractivity contribution in [3.63, 3.8) is 0 Å². The van der Waals surface area contributed by atoms with Gasteiger partial charge in [0.1, 0.15) is 5.69 Å². The van der Waals surface area contributed by atoms with Crippen LogP contribution in [0.15, 0.2) is 35.0 Å². The molecule has 0 saturated heterocycles. The second kappa shape index (κ2) is 7.23. The highest BCUT2D eigenvalue weighted by Gasteiger charge is 2.22. The van der Waals surface area contributed by atoms with Crippen molar-refractivity contribution in [2.45, 2.75) is 19.4 Å². The van der Waals surface area contributed by atoms with Gasteiger partial charge in [0.25, 0.3) is 11.6 Å². The number of hydrogen-bond donors (Lipinski definition) is 1. The van der Waals surface area contributed by atoms with Crippen LogP contribution in [0.2, 0.25) is 0 Å². The van der Waals surface area contributed by atoms with Gasteiger partial charge in [-0.25, -0.2) is 0 Å². The highest BCUT2D eigenvalue weighted by Crippen LogP contribution is 2.30. The molecule has 23 heavy (non-hydrogen) atoms. The van der Waals surface area contributed by atoms with E-state index in [0.29, 0.717) is 5.69 Å². The second-order valence-electron chi connectivity index (χ2n) is 5.34. The van der Waals surface area contributed by atoms with Gasteiger partial charge in [0.15, 0.2) is 0 Å². The summed E-state index contributed by atoms with van der Waals surface area (Å²) in [7, 11) is 3.33. The summed E-state index contributed by atoms with van der Waals surface area (Å²) in [6.07, 6.45) is 0.800. The first-order valence-corrected chi connectivity index (χ1v) is 8.12. The minimum absolute atomic E-state index is 0.0641. The Hall–Kier alpha value is -2.41. The zero-order valence-electron chi connectivity index (χ0n) is 13.3. The van der Waals surface area contributed by atoms with E-state index < -0.39 is 4.92 Å². The molecule has 1 N–H and O–H groups in total. The fourth-order valence-corrected chi connectivity index (χ4v) is 3.06. The molecule has 0 aliphatic carbocycles. The smallest absolute Gasteiger partial charge is 0.293 e. The van der Waals surface area contributed by atoms with Gasteiger partial charge in [-0.3, -0.25) is 14.9 Å². The predicted molar refractivity (Wildman–Crippen MR) is 92.4 cm³/mol. The molecule has 0 fully saturated rings. The molecule has 0 saturated carbocycles. The molecule has 7 heteroatoms. The Balaban J connectivity index is 2.29. The van der Waals surface area contributed by atoms with Gasteiger partial charge >= 0.3 is 0 Å².